The molecule has 0 aromatic heterocycles. The second-order valence-electron chi connectivity index (χ2n) is 2.49. The van der Waals surface area contributed by atoms with Gasteiger partial charge in [-0.25, -0.2) is 0 Å². The number of carbonyl (C=O) groups is 1. The van der Waals surface area contributed by atoms with Crippen molar-refractivity contribution in [3.05, 3.63) is 10.2 Å². The van der Waals surface area contributed by atoms with Gasteiger partial charge in [0.1, 0.15) is 0 Å². The lowest BCUT2D eigenvalue weighted by Crippen LogP contribution is -2.34. The average molecular weight is 251 g/mol. The molecule has 1 heterocycles. The largest absolute Gasteiger partial charge is 0.355 e. The Morgan fingerprint density at radius 3 is 2.90 bits per heavy atom. The van der Waals surface area contributed by atoms with Gasteiger partial charge in [-0.05, 0) is 32.6 Å². The minimum absolute atomic E-state index is 0.175. The Balaban J connectivity index is 2.40. The molecule has 2 nitrogen and oxygen atoms in total. The Labute approximate surface area is 74.2 Å². The molecule has 0 aromatic carbocycles. The summed E-state index contributed by atoms with van der Waals surface area (Å²) < 4.78 is 1.15. The third-order valence-corrected chi connectivity index (χ3v) is 2.59. The fraction of sp³-hybridized carbons (Fsp3) is 0.571. The monoisotopic (exact) mass is 251 g/mol. The van der Waals surface area contributed by atoms with Crippen LogP contribution >= 0.6 is 22.6 Å². The summed E-state index contributed by atoms with van der Waals surface area (Å²) in [7, 11) is 0. The molecular weight excluding hydrogens is 241 g/mol. The highest BCUT2D eigenvalue weighted by Crippen LogP contribution is 2.22. The molecule has 1 N–H and O–H groups in total. The van der Waals surface area contributed by atoms with Crippen LogP contribution < -0.4 is 5.32 Å². The van der Waals surface area contributed by atoms with Crippen LogP contribution in [0.15, 0.2) is 10.2 Å². The zero-order valence-electron chi connectivity index (χ0n) is 5.69. The predicted octanol–water partition coefficient (Wildman–Crippen LogP) is 1.46. The van der Waals surface area contributed by atoms with E-state index in [4.69, 9.17) is 0 Å². The van der Waals surface area contributed by atoms with E-state index in [1.165, 1.54) is 0 Å². The van der Waals surface area contributed by atoms with Crippen molar-refractivity contribution in [1.29, 1.82) is 0 Å². The van der Waals surface area contributed by atoms with E-state index >= 15 is 0 Å². The van der Waals surface area contributed by atoms with Gasteiger partial charge < -0.3 is 5.32 Å². The van der Waals surface area contributed by atoms with E-state index in [9.17, 15) is 4.79 Å². The highest BCUT2D eigenvalue weighted by Gasteiger charge is 2.18. The van der Waals surface area contributed by atoms with E-state index in [-0.39, 0.29) is 5.91 Å². The summed E-state index contributed by atoms with van der Waals surface area (Å²) in [5, 5.41) is 2.81. The number of carbonyl (C=O) groups excluding carboxylic acids is 1. The molecule has 1 aliphatic rings. The second kappa shape index (κ2) is 3.37. The Hall–Kier alpha value is -0.0600. The molecule has 1 atom stereocenters. The summed E-state index contributed by atoms with van der Waals surface area (Å²) in [6.07, 6.45) is 1.63. The van der Waals surface area contributed by atoms with Crippen molar-refractivity contribution in [2.45, 2.75) is 12.8 Å². The first-order valence-electron chi connectivity index (χ1n) is 3.31. The van der Waals surface area contributed by atoms with Crippen LogP contribution in [0.4, 0.5) is 0 Å². The van der Waals surface area contributed by atoms with E-state index in [2.05, 4.69) is 34.5 Å². The summed E-state index contributed by atoms with van der Waals surface area (Å²) >= 11 is 2.22. The molecule has 1 saturated heterocycles. The maximum absolute atomic E-state index is 10.7. The van der Waals surface area contributed by atoms with Gasteiger partial charge >= 0.3 is 0 Å². The van der Waals surface area contributed by atoms with E-state index in [1.807, 2.05) is 0 Å². The first kappa shape index (κ1) is 8.04. The second-order valence-corrected chi connectivity index (χ2v) is 3.87. The summed E-state index contributed by atoms with van der Waals surface area (Å²) in [6, 6.07) is 0. The molecule has 1 amide bonds. The normalized spacial score (nSPS) is 25.7. The predicted molar refractivity (Wildman–Crippen MR) is 48.9 cm³/mol. The highest BCUT2D eigenvalue weighted by atomic mass is 127. The zero-order valence-corrected chi connectivity index (χ0v) is 7.85. The third kappa shape index (κ3) is 1.97. The molecule has 1 rings (SSSR count). The van der Waals surface area contributed by atoms with Crippen molar-refractivity contribution in [3.8, 4) is 0 Å². The number of piperidine rings is 1. The Bertz CT molecular complexity index is 157. The number of hydrogen-bond acceptors (Lipinski definition) is 1. The lowest BCUT2D eigenvalue weighted by atomic mass is 10.00. The van der Waals surface area contributed by atoms with E-state index in [1.54, 1.807) is 0 Å². The van der Waals surface area contributed by atoms with Crippen LogP contribution in [-0.2, 0) is 4.79 Å². The number of rotatable bonds is 1. The molecule has 0 saturated carbocycles. The third-order valence-electron chi connectivity index (χ3n) is 1.71. The van der Waals surface area contributed by atoms with Crippen molar-refractivity contribution >= 4 is 28.5 Å². The maximum atomic E-state index is 10.7. The number of hydrogen-bond donors (Lipinski definition) is 1. The van der Waals surface area contributed by atoms with Gasteiger partial charge in [0.25, 0.3) is 0 Å². The summed E-state index contributed by atoms with van der Waals surface area (Å²) in [4.78, 5) is 10.7. The minimum Gasteiger partial charge on any atom is -0.355 e. The minimum atomic E-state index is 0.175. The smallest absolute Gasteiger partial charge is 0.220 e. The van der Waals surface area contributed by atoms with E-state index in [0.717, 1.165) is 16.5 Å². The molecule has 0 aromatic rings. The molecule has 0 radical (unpaired) electrons. The number of nitrogens with one attached hydrogen (secondary N) is 1. The molecular formula is C7H10INO. The summed E-state index contributed by atoms with van der Waals surface area (Å²) in [6.45, 7) is 4.62. The van der Waals surface area contributed by atoms with Crippen molar-refractivity contribution in [1.82, 2.24) is 5.32 Å². The van der Waals surface area contributed by atoms with Gasteiger partial charge in [0.15, 0.2) is 0 Å². The molecule has 0 spiro atoms. The lowest BCUT2D eigenvalue weighted by molar-refractivity contribution is -0.122. The molecule has 0 unspecified atom stereocenters. The van der Waals surface area contributed by atoms with Gasteiger partial charge in [-0.1, -0.05) is 6.58 Å². The first-order valence-corrected chi connectivity index (χ1v) is 4.39. The first-order chi connectivity index (χ1) is 4.70. The molecule has 0 bridgehead atoms. The van der Waals surface area contributed by atoms with Gasteiger partial charge in [0, 0.05) is 18.9 Å². The van der Waals surface area contributed by atoms with Crippen molar-refractivity contribution < 1.29 is 4.79 Å². The molecule has 1 fully saturated rings. The van der Waals surface area contributed by atoms with Gasteiger partial charge in [-0.15, -0.1) is 0 Å². The van der Waals surface area contributed by atoms with Crippen LogP contribution in [0.5, 0.6) is 0 Å². The average Bonchev–Trinajstić information content (AvgIpc) is 1.88. The van der Waals surface area contributed by atoms with Crippen molar-refractivity contribution in [2.75, 3.05) is 6.54 Å². The van der Waals surface area contributed by atoms with Crippen molar-refractivity contribution in [3.63, 3.8) is 0 Å². The molecule has 1 aliphatic heterocycles. The van der Waals surface area contributed by atoms with Gasteiger partial charge in [-0.3, -0.25) is 4.79 Å². The zero-order chi connectivity index (χ0) is 7.56. The molecule has 10 heavy (non-hydrogen) atoms. The SMILES string of the molecule is C=C(I)[C@H]1CCC(=O)NC1. The molecule has 0 aliphatic carbocycles. The quantitative estimate of drug-likeness (QED) is 0.702. The fourth-order valence-corrected chi connectivity index (χ4v) is 1.53. The van der Waals surface area contributed by atoms with Gasteiger partial charge in [0.05, 0.1) is 0 Å². The summed E-state index contributed by atoms with van der Waals surface area (Å²) in [5.74, 6) is 0.673. The van der Waals surface area contributed by atoms with E-state index in [0.29, 0.717) is 12.3 Å². The van der Waals surface area contributed by atoms with Gasteiger partial charge in [-0.2, -0.15) is 0 Å². The number of amides is 1. The van der Waals surface area contributed by atoms with Crippen LogP contribution in [0.2, 0.25) is 0 Å². The van der Waals surface area contributed by atoms with Crippen LogP contribution in [-0.4, -0.2) is 12.5 Å². The Morgan fingerprint density at radius 2 is 2.50 bits per heavy atom. The van der Waals surface area contributed by atoms with Crippen LogP contribution in [0.3, 0.4) is 0 Å². The molecule has 56 valence electrons. The maximum Gasteiger partial charge on any atom is 0.220 e. The number of halogens is 1. The van der Waals surface area contributed by atoms with Gasteiger partial charge in [0.2, 0.25) is 5.91 Å². The topological polar surface area (TPSA) is 29.1 Å². The Kier molecular flexibility index (Phi) is 2.71. The Morgan fingerprint density at radius 1 is 1.80 bits per heavy atom. The van der Waals surface area contributed by atoms with Crippen LogP contribution in [0.1, 0.15) is 12.8 Å². The lowest BCUT2D eigenvalue weighted by Gasteiger charge is -2.21. The van der Waals surface area contributed by atoms with Crippen molar-refractivity contribution in [2.24, 2.45) is 5.92 Å². The highest BCUT2D eigenvalue weighted by molar-refractivity contribution is 14.1. The van der Waals surface area contributed by atoms with E-state index < -0.39 is 0 Å². The molecule has 3 heteroatoms. The summed E-state index contributed by atoms with van der Waals surface area (Å²) in [5.41, 5.74) is 0. The standard InChI is InChI=1S/C7H10INO/c1-5(8)6-2-3-7(10)9-4-6/h6H,1-4H2,(H,9,10)/t6-/m0/s1. The van der Waals surface area contributed by atoms with Crippen LogP contribution in [0.25, 0.3) is 0 Å². The fourth-order valence-electron chi connectivity index (χ4n) is 1.00. The van der Waals surface area contributed by atoms with Crippen LogP contribution in [0, 0.1) is 5.92 Å².